The van der Waals surface area contributed by atoms with E-state index in [1.165, 1.54) is 6.42 Å². The third-order valence-corrected chi connectivity index (χ3v) is 4.18. The van der Waals surface area contributed by atoms with Gasteiger partial charge in [0, 0.05) is 13.1 Å². The van der Waals surface area contributed by atoms with Gasteiger partial charge < -0.3 is 4.90 Å². The second-order valence-corrected chi connectivity index (χ2v) is 5.64. The van der Waals surface area contributed by atoms with Crippen LogP contribution in [0.25, 0.3) is 0 Å². The summed E-state index contributed by atoms with van der Waals surface area (Å²) in [7, 11) is 0. The molecule has 0 atom stereocenters. The van der Waals surface area contributed by atoms with Crippen molar-refractivity contribution < 1.29 is 4.79 Å². The summed E-state index contributed by atoms with van der Waals surface area (Å²) in [4.78, 5) is 15.1. The summed E-state index contributed by atoms with van der Waals surface area (Å²) in [6.07, 6.45) is 3.50. The number of hydrogen-bond acceptors (Lipinski definition) is 1. The first kappa shape index (κ1) is 13.9. The van der Waals surface area contributed by atoms with E-state index in [4.69, 9.17) is 0 Å². The maximum atomic E-state index is 13.0. The highest BCUT2D eigenvalue weighted by molar-refractivity contribution is 5.87. The second kappa shape index (κ2) is 6.57. The lowest BCUT2D eigenvalue weighted by atomic mass is 9.89. The Hall–Kier alpha value is -2.09. The van der Waals surface area contributed by atoms with Crippen LogP contribution in [0.4, 0.5) is 0 Å². The van der Waals surface area contributed by atoms with Crippen LogP contribution in [-0.2, 0) is 4.79 Å². The molecule has 2 nitrogen and oxygen atoms in total. The first-order valence-corrected chi connectivity index (χ1v) is 7.75. The Morgan fingerprint density at radius 1 is 0.762 bits per heavy atom. The van der Waals surface area contributed by atoms with Crippen molar-refractivity contribution in [2.45, 2.75) is 25.2 Å². The number of carbonyl (C=O) groups is 1. The Morgan fingerprint density at radius 2 is 1.24 bits per heavy atom. The molecule has 2 aromatic rings. The fourth-order valence-corrected chi connectivity index (χ4v) is 3.07. The van der Waals surface area contributed by atoms with Crippen molar-refractivity contribution in [3.05, 3.63) is 71.8 Å². The van der Waals surface area contributed by atoms with Crippen LogP contribution in [0.1, 0.15) is 36.3 Å². The van der Waals surface area contributed by atoms with E-state index >= 15 is 0 Å². The Labute approximate surface area is 126 Å². The largest absolute Gasteiger partial charge is 0.342 e. The third kappa shape index (κ3) is 3.15. The lowest BCUT2D eigenvalue weighted by Crippen LogP contribution is -2.39. The fraction of sp³-hybridized carbons (Fsp3) is 0.316. The first-order valence-electron chi connectivity index (χ1n) is 7.75. The number of nitrogens with zero attached hydrogens (tertiary/aromatic N) is 1. The second-order valence-electron chi connectivity index (χ2n) is 5.64. The molecule has 21 heavy (non-hydrogen) atoms. The molecule has 2 aromatic carbocycles. The molecule has 1 saturated heterocycles. The summed E-state index contributed by atoms with van der Waals surface area (Å²) in [5.74, 6) is 0.0672. The highest BCUT2D eigenvalue weighted by Crippen LogP contribution is 2.28. The van der Waals surface area contributed by atoms with Crippen molar-refractivity contribution in [2.24, 2.45) is 0 Å². The molecule has 1 amide bonds. The maximum Gasteiger partial charge on any atom is 0.234 e. The van der Waals surface area contributed by atoms with Crippen molar-refractivity contribution >= 4 is 5.91 Å². The Kier molecular flexibility index (Phi) is 4.34. The van der Waals surface area contributed by atoms with E-state index in [9.17, 15) is 4.79 Å². The average Bonchev–Trinajstić information content (AvgIpc) is 2.58. The smallest absolute Gasteiger partial charge is 0.234 e. The molecule has 0 N–H and O–H groups in total. The highest BCUT2D eigenvalue weighted by atomic mass is 16.2. The monoisotopic (exact) mass is 279 g/mol. The van der Waals surface area contributed by atoms with Gasteiger partial charge in [-0.05, 0) is 30.4 Å². The molecule has 0 spiro atoms. The highest BCUT2D eigenvalue weighted by Gasteiger charge is 2.27. The van der Waals surface area contributed by atoms with E-state index < -0.39 is 0 Å². The van der Waals surface area contributed by atoms with Gasteiger partial charge in [-0.15, -0.1) is 0 Å². The van der Waals surface area contributed by atoms with Crippen molar-refractivity contribution in [1.82, 2.24) is 4.90 Å². The zero-order valence-electron chi connectivity index (χ0n) is 12.2. The molecule has 1 aliphatic heterocycles. The van der Waals surface area contributed by atoms with Gasteiger partial charge in [0.05, 0.1) is 5.92 Å². The quantitative estimate of drug-likeness (QED) is 0.836. The number of piperidine rings is 1. The first-order chi connectivity index (χ1) is 10.4. The van der Waals surface area contributed by atoms with E-state index in [2.05, 4.69) is 24.3 Å². The maximum absolute atomic E-state index is 13.0. The van der Waals surface area contributed by atoms with E-state index in [0.717, 1.165) is 37.1 Å². The molecule has 0 aromatic heterocycles. The minimum atomic E-state index is -0.175. The van der Waals surface area contributed by atoms with Crippen LogP contribution in [0.5, 0.6) is 0 Å². The van der Waals surface area contributed by atoms with E-state index in [0.29, 0.717) is 0 Å². The van der Waals surface area contributed by atoms with Crippen molar-refractivity contribution in [2.75, 3.05) is 13.1 Å². The van der Waals surface area contributed by atoms with Gasteiger partial charge in [-0.2, -0.15) is 0 Å². The van der Waals surface area contributed by atoms with Crippen LogP contribution in [-0.4, -0.2) is 23.9 Å². The Morgan fingerprint density at radius 3 is 1.71 bits per heavy atom. The van der Waals surface area contributed by atoms with E-state index in [1.807, 2.05) is 41.3 Å². The van der Waals surface area contributed by atoms with Gasteiger partial charge >= 0.3 is 0 Å². The van der Waals surface area contributed by atoms with Crippen molar-refractivity contribution in [1.29, 1.82) is 0 Å². The van der Waals surface area contributed by atoms with Crippen molar-refractivity contribution in [3.8, 4) is 0 Å². The molecule has 1 aliphatic rings. The van der Waals surface area contributed by atoms with Gasteiger partial charge in [-0.25, -0.2) is 0 Å². The molecule has 3 rings (SSSR count). The van der Waals surface area contributed by atoms with Gasteiger partial charge in [0.15, 0.2) is 0 Å². The summed E-state index contributed by atoms with van der Waals surface area (Å²) in [6.45, 7) is 1.80. The van der Waals surface area contributed by atoms with Crippen LogP contribution in [0.3, 0.4) is 0 Å². The fourth-order valence-electron chi connectivity index (χ4n) is 3.07. The van der Waals surface area contributed by atoms with Gasteiger partial charge in [0.1, 0.15) is 0 Å². The standard InChI is InChI=1S/C19H21NO/c21-19(20-14-8-3-9-15-20)18(16-10-4-1-5-11-16)17-12-6-2-7-13-17/h1-2,4-7,10-13,18H,3,8-9,14-15H2. The molecular formula is C19H21NO. The molecule has 1 fully saturated rings. The zero-order chi connectivity index (χ0) is 14.5. The lowest BCUT2D eigenvalue weighted by Gasteiger charge is -2.31. The molecule has 0 bridgehead atoms. The normalized spacial score (nSPS) is 15.2. The Balaban J connectivity index is 1.94. The number of hydrogen-bond donors (Lipinski definition) is 0. The minimum absolute atomic E-state index is 0.175. The molecule has 2 heteroatoms. The molecule has 0 unspecified atom stereocenters. The number of likely N-dealkylation sites (tertiary alicyclic amines) is 1. The van der Waals surface area contributed by atoms with Crippen LogP contribution in [0, 0.1) is 0 Å². The third-order valence-electron chi connectivity index (χ3n) is 4.18. The minimum Gasteiger partial charge on any atom is -0.342 e. The molecule has 0 aliphatic carbocycles. The topological polar surface area (TPSA) is 20.3 Å². The van der Waals surface area contributed by atoms with Gasteiger partial charge in [-0.3, -0.25) is 4.79 Å². The SMILES string of the molecule is O=C(C(c1ccccc1)c1ccccc1)N1CCCCC1. The summed E-state index contributed by atoms with van der Waals surface area (Å²) in [5.41, 5.74) is 2.17. The lowest BCUT2D eigenvalue weighted by molar-refractivity contribution is -0.132. The molecular weight excluding hydrogens is 258 g/mol. The predicted octanol–water partition coefficient (Wildman–Crippen LogP) is 3.83. The van der Waals surface area contributed by atoms with Gasteiger partial charge in [0.25, 0.3) is 0 Å². The molecule has 0 saturated carbocycles. The van der Waals surface area contributed by atoms with E-state index in [1.54, 1.807) is 0 Å². The molecule has 0 radical (unpaired) electrons. The van der Waals surface area contributed by atoms with Crippen LogP contribution >= 0.6 is 0 Å². The number of rotatable bonds is 3. The van der Waals surface area contributed by atoms with Crippen LogP contribution in [0.15, 0.2) is 60.7 Å². The summed E-state index contributed by atoms with van der Waals surface area (Å²) < 4.78 is 0. The number of benzene rings is 2. The molecule has 108 valence electrons. The zero-order valence-corrected chi connectivity index (χ0v) is 12.2. The average molecular weight is 279 g/mol. The summed E-state index contributed by atoms with van der Waals surface area (Å²) in [6, 6.07) is 20.2. The van der Waals surface area contributed by atoms with E-state index in [-0.39, 0.29) is 11.8 Å². The Bertz CT molecular complexity index is 534. The van der Waals surface area contributed by atoms with Crippen LogP contribution < -0.4 is 0 Å². The number of amides is 1. The predicted molar refractivity (Wildman–Crippen MR) is 85.2 cm³/mol. The van der Waals surface area contributed by atoms with Gasteiger partial charge in [0.2, 0.25) is 5.91 Å². The van der Waals surface area contributed by atoms with Crippen molar-refractivity contribution in [3.63, 3.8) is 0 Å². The van der Waals surface area contributed by atoms with Gasteiger partial charge in [-0.1, -0.05) is 60.7 Å². The molecule has 1 heterocycles. The summed E-state index contributed by atoms with van der Waals surface area (Å²) >= 11 is 0. The summed E-state index contributed by atoms with van der Waals surface area (Å²) in [5, 5.41) is 0. The van der Waals surface area contributed by atoms with Crippen LogP contribution in [0.2, 0.25) is 0 Å². The number of carbonyl (C=O) groups excluding carboxylic acids is 1.